The smallest absolute Gasteiger partial charge is 0.0644 e. The van der Waals surface area contributed by atoms with Crippen molar-refractivity contribution < 1.29 is 0 Å². The summed E-state index contributed by atoms with van der Waals surface area (Å²) in [6, 6.07) is 52.2. The number of hydrogen-bond acceptors (Lipinski definition) is 2. The van der Waals surface area contributed by atoms with Gasteiger partial charge in [0.2, 0.25) is 0 Å². The molecule has 0 unspecified atom stereocenters. The second-order valence-electron chi connectivity index (χ2n) is 10.4. The van der Waals surface area contributed by atoms with Gasteiger partial charge in [0.15, 0.2) is 0 Å². The third kappa shape index (κ3) is 3.92. The number of aromatic nitrogens is 1. The molecule has 41 heavy (non-hydrogen) atoms. The summed E-state index contributed by atoms with van der Waals surface area (Å²) < 4.78 is 0. The highest BCUT2D eigenvalue weighted by atomic mass is 15.1. The van der Waals surface area contributed by atoms with Gasteiger partial charge in [0.1, 0.15) is 0 Å². The molecule has 192 valence electrons. The van der Waals surface area contributed by atoms with Crippen molar-refractivity contribution in [2.75, 3.05) is 4.90 Å². The summed E-state index contributed by atoms with van der Waals surface area (Å²) in [6.07, 6.45) is 3.75. The van der Waals surface area contributed by atoms with Gasteiger partial charge in [-0.25, -0.2) is 0 Å². The Morgan fingerprint density at radius 1 is 0.390 bits per heavy atom. The number of pyridine rings is 1. The predicted molar refractivity (Wildman–Crippen MR) is 172 cm³/mol. The fourth-order valence-electron chi connectivity index (χ4n) is 6.24. The van der Waals surface area contributed by atoms with Crippen LogP contribution in [0.15, 0.2) is 158 Å². The molecule has 0 fully saturated rings. The Labute approximate surface area is 239 Å². The molecule has 1 aromatic heterocycles. The summed E-state index contributed by atoms with van der Waals surface area (Å²) >= 11 is 0. The third-order valence-electron chi connectivity index (χ3n) is 8.10. The van der Waals surface area contributed by atoms with Crippen LogP contribution in [0.25, 0.3) is 55.3 Å². The molecular weight excluding hydrogens is 496 g/mol. The molecule has 0 saturated heterocycles. The molecule has 1 heterocycles. The molecule has 1 aliphatic carbocycles. The summed E-state index contributed by atoms with van der Waals surface area (Å²) in [7, 11) is 0. The van der Waals surface area contributed by atoms with Gasteiger partial charge in [-0.1, -0.05) is 109 Å². The summed E-state index contributed by atoms with van der Waals surface area (Å²) in [5.74, 6) is 0. The summed E-state index contributed by atoms with van der Waals surface area (Å²) in [5, 5.41) is 2.63. The zero-order chi connectivity index (χ0) is 27.2. The maximum absolute atomic E-state index is 4.45. The van der Waals surface area contributed by atoms with Gasteiger partial charge in [0.05, 0.1) is 11.9 Å². The Bertz CT molecular complexity index is 2000. The monoisotopic (exact) mass is 522 g/mol. The molecule has 0 N–H and O–H groups in total. The number of fused-ring (bicyclic) bond motifs is 3. The van der Waals surface area contributed by atoms with Crippen LogP contribution in [0.2, 0.25) is 0 Å². The predicted octanol–water partition coefficient (Wildman–Crippen LogP) is 10.7. The van der Waals surface area contributed by atoms with Gasteiger partial charge in [0, 0.05) is 17.6 Å². The second-order valence-corrected chi connectivity index (χ2v) is 10.4. The molecule has 0 atom stereocenters. The van der Waals surface area contributed by atoms with Gasteiger partial charge in [-0.05, 0) is 91.7 Å². The minimum absolute atomic E-state index is 1.02. The van der Waals surface area contributed by atoms with Crippen molar-refractivity contribution >= 4 is 27.8 Å². The zero-order valence-electron chi connectivity index (χ0n) is 22.4. The molecule has 7 aromatic rings. The highest BCUT2D eigenvalue weighted by Crippen LogP contribution is 2.49. The molecule has 8 rings (SSSR count). The topological polar surface area (TPSA) is 16.1 Å². The Hall–Kier alpha value is -5.47. The Balaban J connectivity index is 1.25. The minimum Gasteiger partial charge on any atom is -0.309 e. The Kier molecular flexibility index (Phi) is 5.49. The first kappa shape index (κ1) is 23.4. The summed E-state index contributed by atoms with van der Waals surface area (Å²) in [6.45, 7) is 0. The van der Waals surface area contributed by atoms with E-state index in [0.717, 1.165) is 17.1 Å². The number of benzene rings is 6. The SMILES string of the molecule is c1ccc(-c2ccc(N(c3cccnc3)c3cccc(-c4ccc5c6c(cccc46)-c4ccccc4-5)c3)cc2)cc1. The lowest BCUT2D eigenvalue weighted by Gasteiger charge is -2.26. The largest absolute Gasteiger partial charge is 0.309 e. The maximum Gasteiger partial charge on any atom is 0.0644 e. The van der Waals surface area contributed by atoms with Gasteiger partial charge >= 0.3 is 0 Å². The van der Waals surface area contributed by atoms with Crippen LogP contribution in [-0.2, 0) is 0 Å². The molecular formula is C39H26N2. The van der Waals surface area contributed by atoms with Crippen LogP contribution in [0.4, 0.5) is 17.1 Å². The van der Waals surface area contributed by atoms with Gasteiger partial charge in [0.25, 0.3) is 0 Å². The first-order valence-corrected chi connectivity index (χ1v) is 14.0. The first-order chi connectivity index (χ1) is 20.3. The molecule has 0 aliphatic heterocycles. The summed E-state index contributed by atoms with van der Waals surface area (Å²) in [4.78, 5) is 6.73. The molecule has 0 saturated carbocycles. The van der Waals surface area contributed by atoms with Crippen molar-refractivity contribution in [2.45, 2.75) is 0 Å². The molecule has 6 aromatic carbocycles. The molecule has 2 nitrogen and oxygen atoms in total. The van der Waals surface area contributed by atoms with Crippen molar-refractivity contribution in [2.24, 2.45) is 0 Å². The standard InChI is InChI=1S/C39H26N2/c1-2-9-27(10-3-1)28-18-20-30(21-19-28)41(32-13-8-24-40-26-32)31-12-6-11-29(25-31)33-22-23-38-35-15-5-4-14-34(35)37-17-7-16-36(33)39(37)38/h1-26H. The number of anilines is 3. The summed E-state index contributed by atoms with van der Waals surface area (Å²) in [5.41, 5.74) is 13.3. The van der Waals surface area contributed by atoms with E-state index in [-0.39, 0.29) is 0 Å². The minimum atomic E-state index is 1.02. The molecule has 0 bridgehead atoms. The van der Waals surface area contributed by atoms with E-state index in [1.165, 1.54) is 55.3 Å². The highest BCUT2D eigenvalue weighted by Gasteiger charge is 2.22. The molecule has 1 aliphatic rings. The van der Waals surface area contributed by atoms with Crippen LogP contribution in [0.1, 0.15) is 0 Å². The molecule has 0 spiro atoms. The third-order valence-corrected chi connectivity index (χ3v) is 8.10. The van der Waals surface area contributed by atoms with Crippen molar-refractivity contribution in [3.8, 4) is 44.5 Å². The lowest BCUT2D eigenvalue weighted by atomic mass is 9.94. The average molecular weight is 523 g/mol. The fraction of sp³-hybridized carbons (Fsp3) is 0. The fourth-order valence-corrected chi connectivity index (χ4v) is 6.24. The highest BCUT2D eigenvalue weighted by molar-refractivity contribution is 6.18. The van der Waals surface area contributed by atoms with Gasteiger partial charge in [-0.2, -0.15) is 0 Å². The lowest BCUT2D eigenvalue weighted by molar-refractivity contribution is 1.23. The van der Waals surface area contributed by atoms with Crippen LogP contribution >= 0.6 is 0 Å². The van der Waals surface area contributed by atoms with E-state index in [9.17, 15) is 0 Å². The second kappa shape index (κ2) is 9.62. The van der Waals surface area contributed by atoms with Crippen molar-refractivity contribution in [3.05, 3.63) is 158 Å². The van der Waals surface area contributed by atoms with E-state index >= 15 is 0 Å². The van der Waals surface area contributed by atoms with E-state index in [0.29, 0.717) is 0 Å². The van der Waals surface area contributed by atoms with Crippen molar-refractivity contribution in [1.82, 2.24) is 4.98 Å². The molecule has 0 radical (unpaired) electrons. The van der Waals surface area contributed by atoms with Crippen LogP contribution < -0.4 is 4.90 Å². The van der Waals surface area contributed by atoms with Gasteiger partial charge in [-0.15, -0.1) is 0 Å². The average Bonchev–Trinajstić information content (AvgIpc) is 3.38. The zero-order valence-corrected chi connectivity index (χ0v) is 22.4. The quantitative estimate of drug-likeness (QED) is 0.223. The first-order valence-electron chi connectivity index (χ1n) is 14.0. The Morgan fingerprint density at radius 3 is 1.80 bits per heavy atom. The van der Waals surface area contributed by atoms with E-state index < -0.39 is 0 Å². The van der Waals surface area contributed by atoms with Gasteiger partial charge < -0.3 is 4.90 Å². The molecule has 0 amide bonds. The van der Waals surface area contributed by atoms with Crippen LogP contribution in [0, 0.1) is 0 Å². The van der Waals surface area contributed by atoms with Crippen molar-refractivity contribution in [3.63, 3.8) is 0 Å². The molecule has 2 heteroatoms. The van der Waals surface area contributed by atoms with Crippen molar-refractivity contribution in [1.29, 1.82) is 0 Å². The van der Waals surface area contributed by atoms with E-state index in [2.05, 4.69) is 149 Å². The van der Waals surface area contributed by atoms with Gasteiger partial charge in [-0.3, -0.25) is 4.98 Å². The number of hydrogen-bond donors (Lipinski definition) is 0. The van der Waals surface area contributed by atoms with Crippen LogP contribution in [0.5, 0.6) is 0 Å². The van der Waals surface area contributed by atoms with Crippen LogP contribution in [0.3, 0.4) is 0 Å². The van der Waals surface area contributed by atoms with E-state index in [1.54, 1.807) is 0 Å². The van der Waals surface area contributed by atoms with E-state index in [1.807, 2.05) is 18.5 Å². The Morgan fingerprint density at radius 2 is 1.02 bits per heavy atom. The number of rotatable bonds is 5. The maximum atomic E-state index is 4.45. The number of nitrogens with zero attached hydrogens (tertiary/aromatic N) is 2. The van der Waals surface area contributed by atoms with E-state index in [4.69, 9.17) is 0 Å². The van der Waals surface area contributed by atoms with Crippen LogP contribution in [-0.4, -0.2) is 4.98 Å². The normalized spacial score (nSPS) is 11.4. The lowest BCUT2D eigenvalue weighted by Crippen LogP contribution is -2.10.